The van der Waals surface area contributed by atoms with Gasteiger partial charge < -0.3 is 9.64 Å². The first-order valence-electron chi connectivity index (χ1n) is 7.03. The highest BCUT2D eigenvalue weighted by Crippen LogP contribution is 2.35. The highest BCUT2D eigenvalue weighted by atomic mass is 79.9. The van der Waals surface area contributed by atoms with Crippen LogP contribution in [0.4, 0.5) is 10.1 Å². The molecule has 2 fully saturated rings. The molecule has 0 amide bonds. The monoisotopic (exact) mass is 327 g/mol. The summed E-state index contributed by atoms with van der Waals surface area (Å²) in [7, 11) is 0. The Kier molecular flexibility index (Phi) is 4.08. The Bertz CT molecular complexity index is 452. The Morgan fingerprint density at radius 1 is 1.32 bits per heavy atom. The maximum atomic E-state index is 13.9. The van der Waals surface area contributed by atoms with E-state index in [1.54, 1.807) is 6.07 Å². The second-order valence-corrected chi connectivity index (χ2v) is 5.89. The molecule has 1 aromatic carbocycles. The van der Waals surface area contributed by atoms with Crippen molar-refractivity contribution < 1.29 is 9.13 Å². The summed E-state index contributed by atoms with van der Waals surface area (Å²) in [5.74, 6) is -0.117. The third kappa shape index (κ3) is 2.52. The lowest BCUT2D eigenvalue weighted by molar-refractivity contribution is -0.00874. The Morgan fingerprint density at radius 3 is 3.00 bits per heavy atom. The number of nitrogens with zero attached hydrogens (tertiary/aromatic N) is 1. The largest absolute Gasteiger partial charge is 0.374 e. The molecule has 3 rings (SSSR count). The van der Waals surface area contributed by atoms with E-state index >= 15 is 0 Å². The van der Waals surface area contributed by atoms with Gasteiger partial charge in [-0.1, -0.05) is 34.8 Å². The lowest BCUT2D eigenvalue weighted by atomic mass is 9.89. The average molecular weight is 328 g/mol. The molecule has 1 heterocycles. The van der Waals surface area contributed by atoms with Gasteiger partial charge in [0.15, 0.2) is 0 Å². The minimum atomic E-state index is -0.117. The standard InChI is InChI=1S/C15H19BrFNO/c16-10-11-12(17)4-3-6-13(11)18-8-9-19-15-7-2-1-5-14(15)18/h3-4,6,14-15H,1-2,5,7-10H2. The Hall–Kier alpha value is -0.610. The highest BCUT2D eigenvalue weighted by molar-refractivity contribution is 9.08. The van der Waals surface area contributed by atoms with Crippen LogP contribution in [0.25, 0.3) is 0 Å². The first kappa shape index (κ1) is 13.4. The van der Waals surface area contributed by atoms with Crippen LogP contribution in [-0.4, -0.2) is 25.3 Å². The number of alkyl halides is 1. The molecule has 2 nitrogen and oxygen atoms in total. The lowest BCUT2D eigenvalue weighted by Crippen LogP contribution is -2.53. The van der Waals surface area contributed by atoms with Gasteiger partial charge in [-0.2, -0.15) is 0 Å². The summed E-state index contributed by atoms with van der Waals surface area (Å²) in [4.78, 5) is 2.37. The van der Waals surface area contributed by atoms with E-state index in [2.05, 4.69) is 20.8 Å². The second kappa shape index (κ2) is 5.80. The SMILES string of the molecule is Fc1cccc(N2CCOC3CCCCC32)c1CBr. The number of morpholine rings is 1. The van der Waals surface area contributed by atoms with Gasteiger partial charge >= 0.3 is 0 Å². The van der Waals surface area contributed by atoms with Gasteiger partial charge in [0.1, 0.15) is 5.82 Å². The normalized spacial score (nSPS) is 27.2. The zero-order valence-corrected chi connectivity index (χ0v) is 12.5. The fraction of sp³-hybridized carbons (Fsp3) is 0.600. The summed E-state index contributed by atoms with van der Waals surface area (Å²) in [5, 5.41) is 0.559. The van der Waals surface area contributed by atoms with E-state index in [0.717, 1.165) is 37.2 Å². The Balaban J connectivity index is 1.94. The van der Waals surface area contributed by atoms with Crippen LogP contribution in [0.5, 0.6) is 0 Å². The fourth-order valence-electron chi connectivity index (χ4n) is 3.34. The molecule has 1 aromatic rings. The summed E-state index contributed by atoms with van der Waals surface area (Å²) in [6, 6.07) is 5.81. The van der Waals surface area contributed by atoms with Gasteiger partial charge in [-0.3, -0.25) is 0 Å². The van der Waals surface area contributed by atoms with Crippen molar-refractivity contribution in [3.8, 4) is 0 Å². The van der Waals surface area contributed by atoms with Gasteiger partial charge in [-0.05, 0) is 25.0 Å². The molecule has 4 heteroatoms. The van der Waals surface area contributed by atoms with Crippen LogP contribution in [0, 0.1) is 5.82 Å². The molecule has 1 aliphatic carbocycles. The molecule has 1 aliphatic heterocycles. The van der Waals surface area contributed by atoms with Crippen LogP contribution in [-0.2, 0) is 10.1 Å². The molecule has 19 heavy (non-hydrogen) atoms. The summed E-state index contributed by atoms with van der Waals surface area (Å²) in [6.45, 7) is 1.62. The number of halogens is 2. The number of hydrogen-bond donors (Lipinski definition) is 0. The third-order valence-electron chi connectivity index (χ3n) is 4.27. The molecule has 0 radical (unpaired) electrons. The van der Waals surface area contributed by atoms with Crippen LogP contribution in [0.15, 0.2) is 18.2 Å². The number of ether oxygens (including phenoxy) is 1. The molecule has 0 bridgehead atoms. The number of hydrogen-bond acceptors (Lipinski definition) is 2. The smallest absolute Gasteiger partial charge is 0.129 e. The highest BCUT2D eigenvalue weighted by Gasteiger charge is 2.35. The van der Waals surface area contributed by atoms with Crippen molar-refractivity contribution in [2.75, 3.05) is 18.1 Å². The Morgan fingerprint density at radius 2 is 2.16 bits per heavy atom. The second-order valence-electron chi connectivity index (χ2n) is 5.33. The molecule has 0 spiro atoms. The van der Waals surface area contributed by atoms with E-state index in [1.165, 1.54) is 12.8 Å². The molecule has 2 atom stereocenters. The van der Waals surface area contributed by atoms with Crippen LogP contribution >= 0.6 is 15.9 Å². The molecule has 104 valence electrons. The summed E-state index contributed by atoms with van der Waals surface area (Å²) >= 11 is 3.42. The minimum Gasteiger partial charge on any atom is -0.374 e. The summed E-state index contributed by atoms with van der Waals surface area (Å²) < 4.78 is 19.8. The molecule has 0 aromatic heterocycles. The number of fused-ring (bicyclic) bond motifs is 1. The van der Waals surface area contributed by atoms with Crippen molar-refractivity contribution in [3.63, 3.8) is 0 Å². The van der Waals surface area contributed by atoms with Crippen LogP contribution < -0.4 is 4.90 Å². The van der Waals surface area contributed by atoms with E-state index in [9.17, 15) is 4.39 Å². The van der Waals surface area contributed by atoms with E-state index < -0.39 is 0 Å². The van der Waals surface area contributed by atoms with Gasteiger partial charge in [-0.15, -0.1) is 0 Å². The maximum Gasteiger partial charge on any atom is 0.129 e. The Labute approximate surface area is 122 Å². The van der Waals surface area contributed by atoms with Gasteiger partial charge in [0.2, 0.25) is 0 Å². The van der Waals surface area contributed by atoms with E-state index in [-0.39, 0.29) is 5.82 Å². The fourth-order valence-corrected chi connectivity index (χ4v) is 3.90. The lowest BCUT2D eigenvalue weighted by Gasteiger charge is -2.45. The van der Waals surface area contributed by atoms with Gasteiger partial charge in [0.25, 0.3) is 0 Å². The van der Waals surface area contributed by atoms with Gasteiger partial charge in [-0.25, -0.2) is 4.39 Å². The van der Waals surface area contributed by atoms with Crippen molar-refractivity contribution in [1.82, 2.24) is 0 Å². The van der Waals surface area contributed by atoms with Crippen molar-refractivity contribution >= 4 is 21.6 Å². The third-order valence-corrected chi connectivity index (χ3v) is 4.83. The van der Waals surface area contributed by atoms with E-state index in [0.29, 0.717) is 17.5 Å². The molecule has 1 saturated heterocycles. The molecular formula is C15H19BrFNO. The van der Waals surface area contributed by atoms with Gasteiger partial charge in [0, 0.05) is 23.1 Å². The zero-order valence-electron chi connectivity index (χ0n) is 10.9. The summed E-state index contributed by atoms with van der Waals surface area (Å²) in [6.07, 6.45) is 5.13. The molecule has 2 aliphatic rings. The zero-order chi connectivity index (χ0) is 13.2. The van der Waals surface area contributed by atoms with Crippen molar-refractivity contribution in [1.29, 1.82) is 0 Å². The van der Waals surface area contributed by atoms with Crippen molar-refractivity contribution in [2.45, 2.75) is 43.2 Å². The van der Waals surface area contributed by atoms with E-state index in [4.69, 9.17) is 4.74 Å². The number of anilines is 1. The van der Waals surface area contributed by atoms with Crippen molar-refractivity contribution in [2.24, 2.45) is 0 Å². The minimum absolute atomic E-state index is 0.117. The topological polar surface area (TPSA) is 12.5 Å². The predicted molar refractivity (Wildman–Crippen MR) is 78.4 cm³/mol. The molecule has 1 saturated carbocycles. The molecular weight excluding hydrogens is 309 g/mol. The van der Waals surface area contributed by atoms with Gasteiger partial charge in [0.05, 0.1) is 18.8 Å². The average Bonchev–Trinajstić information content (AvgIpc) is 2.46. The number of benzene rings is 1. The quantitative estimate of drug-likeness (QED) is 0.764. The first-order chi connectivity index (χ1) is 9.31. The summed E-state index contributed by atoms with van der Waals surface area (Å²) in [5.41, 5.74) is 1.81. The van der Waals surface area contributed by atoms with Crippen molar-refractivity contribution in [3.05, 3.63) is 29.6 Å². The maximum absolute atomic E-state index is 13.9. The first-order valence-corrected chi connectivity index (χ1v) is 8.15. The number of rotatable bonds is 2. The molecule has 2 unspecified atom stereocenters. The van der Waals surface area contributed by atoms with Crippen LogP contribution in [0.3, 0.4) is 0 Å². The predicted octanol–water partition coefficient (Wildman–Crippen LogP) is 3.87. The van der Waals surface area contributed by atoms with Crippen LogP contribution in [0.2, 0.25) is 0 Å². The van der Waals surface area contributed by atoms with Crippen LogP contribution in [0.1, 0.15) is 31.2 Å². The molecule has 0 N–H and O–H groups in total. The van der Waals surface area contributed by atoms with E-state index in [1.807, 2.05) is 12.1 Å².